The highest BCUT2D eigenvalue weighted by atomic mass is 32.1. The van der Waals surface area contributed by atoms with Gasteiger partial charge in [0.2, 0.25) is 0 Å². The Balaban J connectivity index is 1.58. The van der Waals surface area contributed by atoms with Gasteiger partial charge in [0.05, 0.1) is 12.2 Å². The van der Waals surface area contributed by atoms with E-state index in [-0.39, 0.29) is 24.3 Å². The highest BCUT2D eigenvalue weighted by Gasteiger charge is 2.24. The van der Waals surface area contributed by atoms with E-state index in [9.17, 15) is 14.4 Å². The summed E-state index contributed by atoms with van der Waals surface area (Å²) in [6.07, 6.45) is 0. The number of fused-ring (bicyclic) bond motifs is 1. The van der Waals surface area contributed by atoms with Crippen LogP contribution in [0.25, 0.3) is 22.3 Å². The SMILES string of the molecule is CCOC(=O)c1c(-c2ccccc2)oc2ccc(OCC(=O)Nc3sccc3C(N)=O)cc12. The number of amides is 2. The topological polar surface area (TPSA) is 121 Å². The molecule has 0 aliphatic carbocycles. The van der Waals surface area contributed by atoms with Gasteiger partial charge in [-0.05, 0) is 36.6 Å². The second kappa shape index (κ2) is 9.58. The summed E-state index contributed by atoms with van der Waals surface area (Å²) in [5.74, 6) is -0.830. The van der Waals surface area contributed by atoms with Crippen molar-refractivity contribution in [3.05, 3.63) is 71.1 Å². The lowest BCUT2D eigenvalue weighted by molar-refractivity contribution is -0.118. The van der Waals surface area contributed by atoms with E-state index in [1.54, 1.807) is 30.5 Å². The highest BCUT2D eigenvalue weighted by molar-refractivity contribution is 7.14. The van der Waals surface area contributed by atoms with Gasteiger partial charge < -0.3 is 24.9 Å². The molecule has 0 aliphatic rings. The minimum Gasteiger partial charge on any atom is -0.484 e. The summed E-state index contributed by atoms with van der Waals surface area (Å²) in [5.41, 5.74) is 7.04. The van der Waals surface area contributed by atoms with Gasteiger partial charge in [0, 0.05) is 10.9 Å². The van der Waals surface area contributed by atoms with Crippen LogP contribution in [0.15, 0.2) is 64.4 Å². The van der Waals surface area contributed by atoms with Crippen molar-refractivity contribution in [1.82, 2.24) is 0 Å². The maximum atomic E-state index is 12.7. The molecule has 33 heavy (non-hydrogen) atoms. The number of rotatable bonds is 8. The molecule has 0 bridgehead atoms. The zero-order chi connectivity index (χ0) is 23.4. The molecule has 0 fully saturated rings. The molecule has 168 valence electrons. The first-order chi connectivity index (χ1) is 16.0. The molecular weight excluding hydrogens is 444 g/mol. The number of primary amides is 1. The van der Waals surface area contributed by atoms with E-state index in [1.165, 1.54) is 17.4 Å². The van der Waals surface area contributed by atoms with E-state index >= 15 is 0 Å². The van der Waals surface area contributed by atoms with Crippen LogP contribution in [0.1, 0.15) is 27.6 Å². The first-order valence-corrected chi connectivity index (χ1v) is 10.9. The number of hydrogen-bond acceptors (Lipinski definition) is 7. The number of carbonyl (C=O) groups excluding carboxylic acids is 3. The molecule has 0 aliphatic heterocycles. The van der Waals surface area contributed by atoms with Gasteiger partial charge in [0.1, 0.15) is 27.7 Å². The molecule has 0 radical (unpaired) electrons. The second-order valence-electron chi connectivity index (χ2n) is 6.92. The predicted molar refractivity (Wildman–Crippen MR) is 125 cm³/mol. The van der Waals surface area contributed by atoms with Crippen molar-refractivity contribution < 1.29 is 28.3 Å². The third-order valence-corrected chi connectivity index (χ3v) is 5.56. The Morgan fingerprint density at radius 2 is 1.88 bits per heavy atom. The van der Waals surface area contributed by atoms with Gasteiger partial charge in [-0.1, -0.05) is 30.3 Å². The van der Waals surface area contributed by atoms with Crippen LogP contribution in [0, 0.1) is 0 Å². The normalized spacial score (nSPS) is 10.7. The van der Waals surface area contributed by atoms with Crippen molar-refractivity contribution >= 4 is 45.1 Å². The molecular formula is C24H20N2O6S. The lowest BCUT2D eigenvalue weighted by Gasteiger charge is -2.08. The van der Waals surface area contributed by atoms with Crippen molar-refractivity contribution in [2.45, 2.75) is 6.92 Å². The third kappa shape index (κ3) is 4.73. The predicted octanol–water partition coefficient (Wildman–Crippen LogP) is 4.45. The van der Waals surface area contributed by atoms with Crippen LogP contribution in [0.3, 0.4) is 0 Å². The first kappa shape index (κ1) is 22.1. The number of nitrogens with two attached hydrogens (primary N) is 1. The van der Waals surface area contributed by atoms with Gasteiger partial charge in [-0.2, -0.15) is 0 Å². The summed E-state index contributed by atoms with van der Waals surface area (Å²) in [6.45, 7) is 1.64. The average molecular weight is 464 g/mol. The second-order valence-corrected chi connectivity index (χ2v) is 7.83. The third-order valence-electron chi connectivity index (χ3n) is 4.73. The lowest BCUT2D eigenvalue weighted by Crippen LogP contribution is -2.21. The van der Waals surface area contributed by atoms with Crippen molar-refractivity contribution in [3.8, 4) is 17.1 Å². The Labute approximate surface area is 192 Å². The van der Waals surface area contributed by atoms with E-state index < -0.39 is 17.8 Å². The molecule has 4 aromatic rings. The summed E-state index contributed by atoms with van der Waals surface area (Å²) in [6, 6.07) is 15.7. The van der Waals surface area contributed by atoms with Crippen LogP contribution < -0.4 is 15.8 Å². The quantitative estimate of drug-likeness (QED) is 0.372. The minimum absolute atomic E-state index is 0.214. The standard InChI is InChI=1S/C24H20N2O6S/c1-2-30-24(29)20-17-12-15(8-9-18(17)32-21(20)14-6-4-3-5-7-14)31-13-19(27)26-23-16(22(25)28)10-11-33-23/h3-12H,2,13H2,1H3,(H2,25,28)(H,26,27). The first-order valence-electron chi connectivity index (χ1n) is 10.1. The molecule has 0 unspecified atom stereocenters. The maximum Gasteiger partial charge on any atom is 0.342 e. The van der Waals surface area contributed by atoms with E-state index in [0.717, 1.165) is 5.56 Å². The number of hydrogen-bond donors (Lipinski definition) is 2. The van der Waals surface area contributed by atoms with E-state index in [0.29, 0.717) is 27.5 Å². The fraction of sp³-hybridized carbons (Fsp3) is 0.125. The van der Waals surface area contributed by atoms with Crippen LogP contribution in [0.4, 0.5) is 5.00 Å². The highest BCUT2D eigenvalue weighted by Crippen LogP contribution is 2.36. The van der Waals surface area contributed by atoms with E-state index in [4.69, 9.17) is 19.6 Å². The number of thiophene rings is 1. The molecule has 2 aromatic carbocycles. The zero-order valence-electron chi connectivity index (χ0n) is 17.6. The Morgan fingerprint density at radius 1 is 1.09 bits per heavy atom. The molecule has 3 N–H and O–H groups in total. The smallest absolute Gasteiger partial charge is 0.342 e. The van der Waals surface area contributed by atoms with E-state index in [2.05, 4.69) is 5.32 Å². The molecule has 0 spiro atoms. The summed E-state index contributed by atoms with van der Waals surface area (Å²) in [5, 5.41) is 5.14. The summed E-state index contributed by atoms with van der Waals surface area (Å²) in [7, 11) is 0. The van der Waals surface area contributed by atoms with Gasteiger partial charge in [-0.25, -0.2) is 4.79 Å². The van der Waals surface area contributed by atoms with Crippen LogP contribution in [-0.2, 0) is 9.53 Å². The van der Waals surface area contributed by atoms with Crippen molar-refractivity contribution in [2.75, 3.05) is 18.5 Å². The molecule has 0 saturated heterocycles. The van der Waals surface area contributed by atoms with Gasteiger partial charge >= 0.3 is 5.97 Å². The fourth-order valence-electron chi connectivity index (χ4n) is 3.28. The van der Waals surface area contributed by atoms with Crippen LogP contribution in [0.5, 0.6) is 5.75 Å². The molecule has 4 rings (SSSR count). The number of carbonyl (C=O) groups is 3. The van der Waals surface area contributed by atoms with Crippen molar-refractivity contribution in [2.24, 2.45) is 5.73 Å². The number of furan rings is 1. The number of anilines is 1. The van der Waals surface area contributed by atoms with Gasteiger partial charge in [0.15, 0.2) is 6.61 Å². The number of benzene rings is 2. The van der Waals surface area contributed by atoms with Gasteiger partial charge in [0.25, 0.3) is 11.8 Å². The number of ether oxygens (including phenoxy) is 2. The summed E-state index contributed by atoms with van der Waals surface area (Å²) < 4.78 is 16.8. The zero-order valence-corrected chi connectivity index (χ0v) is 18.4. The molecule has 8 nitrogen and oxygen atoms in total. The Kier molecular flexibility index (Phi) is 6.41. The number of esters is 1. The Morgan fingerprint density at radius 3 is 2.61 bits per heavy atom. The Hall–Kier alpha value is -4.11. The molecule has 2 heterocycles. The lowest BCUT2D eigenvalue weighted by atomic mass is 10.1. The fourth-order valence-corrected chi connectivity index (χ4v) is 4.09. The summed E-state index contributed by atoms with van der Waals surface area (Å²) >= 11 is 1.19. The largest absolute Gasteiger partial charge is 0.484 e. The van der Waals surface area contributed by atoms with E-state index in [1.807, 2.05) is 30.3 Å². The van der Waals surface area contributed by atoms with Gasteiger partial charge in [-0.3, -0.25) is 9.59 Å². The van der Waals surface area contributed by atoms with Crippen LogP contribution >= 0.6 is 11.3 Å². The van der Waals surface area contributed by atoms with Crippen LogP contribution in [-0.4, -0.2) is 31.0 Å². The number of nitrogens with one attached hydrogen (secondary N) is 1. The van der Waals surface area contributed by atoms with Crippen molar-refractivity contribution in [1.29, 1.82) is 0 Å². The summed E-state index contributed by atoms with van der Waals surface area (Å²) in [4.78, 5) is 36.4. The molecule has 0 saturated carbocycles. The monoisotopic (exact) mass is 464 g/mol. The van der Waals surface area contributed by atoms with Crippen LogP contribution in [0.2, 0.25) is 0 Å². The van der Waals surface area contributed by atoms with Crippen molar-refractivity contribution in [3.63, 3.8) is 0 Å². The van der Waals surface area contributed by atoms with Gasteiger partial charge in [-0.15, -0.1) is 11.3 Å². The Bertz CT molecular complexity index is 1330. The molecule has 2 amide bonds. The molecule has 9 heteroatoms. The molecule has 0 atom stereocenters. The maximum absolute atomic E-state index is 12.7. The average Bonchev–Trinajstić information content (AvgIpc) is 3.42. The minimum atomic E-state index is -0.626. The molecule has 2 aromatic heterocycles.